The summed E-state index contributed by atoms with van der Waals surface area (Å²) >= 11 is 7.44. The van der Waals surface area contributed by atoms with Crippen molar-refractivity contribution < 1.29 is 9.90 Å². The predicted molar refractivity (Wildman–Crippen MR) is 105 cm³/mol. The van der Waals surface area contributed by atoms with Gasteiger partial charge in [-0.15, -0.1) is 11.3 Å². The van der Waals surface area contributed by atoms with E-state index in [-0.39, 0.29) is 24.1 Å². The number of amides is 1. The zero-order chi connectivity index (χ0) is 19.0. The third-order valence-electron chi connectivity index (χ3n) is 4.54. The fraction of sp³-hybridized carbons (Fsp3) is 0.333. The number of rotatable bonds is 5. The van der Waals surface area contributed by atoms with E-state index < -0.39 is 0 Å². The second-order valence-electron chi connectivity index (χ2n) is 6.63. The van der Waals surface area contributed by atoms with E-state index in [0.717, 1.165) is 10.3 Å². The van der Waals surface area contributed by atoms with E-state index in [4.69, 9.17) is 11.6 Å². The number of halogens is 1. The molecule has 1 aliphatic rings. The number of aromatic nitrogens is 3. The number of fused-ring (bicyclic) bond motifs is 1. The third-order valence-corrected chi connectivity index (χ3v) is 5.66. The highest BCUT2D eigenvalue weighted by Gasteiger charge is 2.30. The monoisotopic (exact) mass is 403 g/mol. The van der Waals surface area contributed by atoms with Crippen LogP contribution in [-0.2, 0) is 0 Å². The summed E-state index contributed by atoms with van der Waals surface area (Å²) in [5.41, 5.74) is 1.95. The van der Waals surface area contributed by atoms with Crippen LogP contribution >= 0.6 is 22.9 Å². The lowest BCUT2D eigenvalue weighted by Gasteiger charge is -2.31. The van der Waals surface area contributed by atoms with Crippen molar-refractivity contribution in [3.63, 3.8) is 0 Å². The highest BCUT2D eigenvalue weighted by molar-refractivity contribution is 7.17. The van der Waals surface area contributed by atoms with E-state index in [1.54, 1.807) is 12.4 Å². The number of aliphatic hydroxyl groups excluding tert-OH is 1. The van der Waals surface area contributed by atoms with Crippen LogP contribution in [0.15, 0.2) is 29.9 Å². The predicted octanol–water partition coefficient (Wildman–Crippen LogP) is 3.17. The molecule has 4 rings (SSSR count). The second kappa shape index (κ2) is 7.38. The number of carbonyl (C=O) groups excluding carboxylic acids is 1. The van der Waals surface area contributed by atoms with Gasteiger partial charge >= 0.3 is 0 Å². The van der Waals surface area contributed by atoms with Gasteiger partial charge in [0.2, 0.25) is 5.95 Å². The third kappa shape index (κ3) is 3.87. The van der Waals surface area contributed by atoms with Crippen molar-refractivity contribution in [3.8, 4) is 0 Å². The highest BCUT2D eigenvalue weighted by Crippen LogP contribution is 2.27. The Bertz CT molecular complexity index is 989. The molecule has 3 N–H and O–H groups in total. The number of nitrogens with zero attached hydrogens (tertiary/aromatic N) is 3. The van der Waals surface area contributed by atoms with Gasteiger partial charge in [0.05, 0.1) is 27.4 Å². The lowest BCUT2D eigenvalue weighted by Crippen LogP contribution is -2.47. The number of hydrogen-bond acceptors (Lipinski definition) is 7. The average Bonchev–Trinajstić information content (AvgIpc) is 3.08. The minimum atomic E-state index is -0.327. The molecule has 3 aromatic rings. The van der Waals surface area contributed by atoms with Gasteiger partial charge in [0.1, 0.15) is 0 Å². The van der Waals surface area contributed by atoms with Crippen LogP contribution in [-0.4, -0.2) is 38.1 Å². The molecule has 140 valence electrons. The molecule has 0 saturated heterocycles. The van der Waals surface area contributed by atoms with Crippen LogP contribution < -0.4 is 10.6 Å². The molecule has 7 nitrogen and oxygen atoms in total. The number of thiophene rings is 1. The van der Waals surface area contributed by atoms with Crippen molar-refractivity contribution in [2.24, 2.45) is 0 Å². The summed E-state index contributed by atoms with van der Waals surface area (Å²) < 4.78 is 0.745. The number of carbonyl (C=O) groups is 1. The topological polar surface area (TPSA) is 100 Å². The molecule has 1 fully saturated rings. The SMILES string of the molecule is C[C@H](Nc1nc(C(=O)N[C@H]2C[C@@H](O)C2)c2sccc2n1)c1cncc(Cl)c1. The van der Waals surface area contributed by atoms with Crippen LogP contribution in [0.3, 0.4) is 0 Å². The molecule has 0 aliphatic heterocycles. The Morgan fingerprint density at radius 1 is 1.37 bits per heavy atom. The molecule has 3 aromatic heterocycles. The normalized spacial score (nSPS) is 20.1. The molecule has 0 radical (unpaired) electrons. The summed E-state index contributed by atoms with van der Waals surface area (Å²) in [6.45, 7) is 1.95. The summed E-state index contributed by atoms with van der Waals surface area (Å²) in [4.78, 5) is 25.7. The number of hydrogen-bond donors (Lipinski definition) is 3. The first-order chi connectivity index (χ1) is 13.0. The molecule has 9 heteroatoms. The van der Waals surface area contributed by atoms with Crippen molar-refractivity contribution in [1.82, 2.24) is 20.3 Å². The van der Waals surface area contributed by atoms with Crippen molar-refractivity contribution >= 4 is 45.0 Å². The van der Waals surface area contributed by atoms with E-state index in [9.17, 15) is 9.90 Å². The molecule has 0 spiro atoms. The van der Waals surface area contributed by atoms with E-state index >= 15 is 0 Å². The van der Waals surface area contributed by atoms with Crippen molar-refractivity contribution in [2.45, 2.75) is 38.0 Å². The fourth-order valence-corrected chi connectivity index (χ4v) is 3.98. The molecule has 1 atom stereocenters. The Hall–Kier alpha value is -2.29. The first-order valence-corrected chi connectivity index (χ1v) is 9.86. The molecule has 0 bridgehead atoms. The standard InChI is InChI=1S/C18H18ClN5O2S/c1-9(10-4-11(19)8-20-7-10)21-18-23-14-2-3-27-16(14)15(24-18)17(26)22-12-5-13(25)6-12/h2-4,7-9,12-13,25H,5-6H2,1H3,(H,22,26)(H,21,23,24)/t9-,12-,13+/m0/s1. The van der Waals surface area contributed by atoms with Crippen LogP contribution in [0.25, 0.3) is 10.2 Å². The summed E-state index contributed by atoms with van der Waals surface area (Å²) in [5.74, 6) is 0.119. The number of anilines is 1. The van der Waals surface area contributed by atoms with Crippen LogP contribution in [0.2, 0.25) is 5.02 Å². The summed E-state index contributed by atoms with van der Waals surface area (Å²) in [6, 6.07) is 3.54. The Balaban J connectivity index is 1.59. The molecule has 0 aromatic carbocycles. The summed E-state index contributed by atoms with van der Waals surface area (Å²) in [6.07, 6.45) is 4.13. The van der Waals surface area contributed by atoms with Crippen LogP contribution in [0.1, 0.15) is 41.9 Å². The minimum Gasteiger partial charge on any atom is -0.393 e. The van der Waals surface area contributed by atoms with Crippen LogP contribution in [0, 0.1) is 0 Å². The zero-order valence-electron chi connectivity index (χ0n) is 14.5. The summed E-state index contributed by atoms with van der Waals surface area (Å²) in [7, 11) is 0. The fourth-order valence-electron chi connectivity index (χ4n) is 2.98. The van der Waals surface area contributed by atoms with E-state index in [1.807, 2.05) is 24.4 Å². The number of pyridine rings is 1. The van der Waals surface area contributed by atoms with Gasteiger partial charge in [0.15, 0.2) is 5.69 Å². The molecule has 3 heterocycles. The van der Waals surface area contributed by atoms with Gasteiger partial charge in [-0.25, -0.2) is 9.97 Å². The Labute approximate surface area is 164 Å². The summed E-state index contributed by atoms with van der Waals surface area (Å²) in [5, 5.41) is 18.0. The van der Waals surface area contributed by atoms with Crippen molar-refractivity contribution in [2.75, 3.05) is 5.32 Å². The van der Waals surface area contributed by atoms with E-state index in [2.05, 4.69) is 25.6 Å². The second-order valence-corrected chi connectivity index (χ2v) is 7.98. The molecular weight excluding hydrogens is 386 g/mol. The van der Waals surface area contributed by atoms with Gasteiger partial charge in [-0.2, -0.15) is 0 Å². The largest absolute Gasteiger partial charge is 0.393 e. The van der Waals surface area contributed by atoms with Crippen LogP contribution in [0.5, 0.6) is 0 Å². The first kappa shape index (κ1) is 18.1. The lowest BCUT2D eigenvalue weighted by molar-refractivity contribution is 0.0561. The molecule has 27 heavy (non-hydrogen) atoms. The molecule has 1 saturated carbocycles. The number of aliphatic hydroxyl groups is 1. The van der Waals surface area contributed by atoms with Crippen molar-refractivity contribution in [1.29, 1.82) is 0 Å². The zero-order valence-corrected chi connectivity index (χ0v) is 16.1. The molecule has 1 aliphatic carbocycles. The van der Waals surface area contributed by atoms with Gasteiger partial charge < -0.3 is 15.7 Å². The highest BCUT2D eigenvalue weighted by atomic mass is 35.5. The minimum absolute atomic E-state index is 0.00894. The van der Waals surface area contributed by atoms with Gasteiger partial charge in [0.25, 0.3) is 5.91 Å². The smallest absolute Gasteiger partial charge is 0.271 e. The quantitative estimate of drug-likeness (QED) is 0.605. The van der Waals surface area contributed by atoms with Crippen molar-refractivity contribution in [3.05, 3.63) is 46.2 Å². The molecule has 1 amide bonds. The lowest BCUT2D eigenvalue weighted by atomic mass is 9.89. The first-order valence-electron chi connectivity index (χ1n) is 8.61. The maximum absolute atomic E-state index is 12.7. The van der Waals surface area contributed by atoms with Gasteiger partial charge in [-0.1, -0.05) is 11.6 Å². The molecule has 0 unspecified atom stereocenters. The number of nitrogens with one attached hydrogen (secondary N) is 2. The van der Waals surface area contributed by atoms with Gasteiger partial charge in [-0.3, -0.25) is 9.78 Å². The molecular formula is C18H18ClN5O2S. The Kier molecular flexibility index (Phi) is 4.94. The average molecular weight is 404 g/mol. The maximum atomic E-state index is 12.7. The Morgan fingerprint density at radius 2 is 2.19 bits per heavy atom. The van der Waals surface area contributed by atoms with E-state index in [1.165, 1.54) is 11.3 Å². The van der Waals surface area contributed by atoms with E-state index in [0.29, 0.717) is 35.0 Å². The van der Waals surface area contributed by atoms with Gasteiger partial charge in [-0.05, 0) is 42.8 Å². The van der Waals surface area contributed by atoms with Gasteiger partial charge in [0, 0.05) is 18.4 Å². The van der Waals surface area contributed by atoms with Crippen LogP contribution in [0.4, 0.5) is 5.95 Å². The maximum Gasteiger partial charge on any atom is 0.271 e. The Morgan fingerprint density at radius 3 is 2.93 bits per heavy atom.